The second-order valence-electron chi connectivity index (χ2n) is 5.07. The minimum Gasteiger partial charge on any atom is -0.379 e. The highest BCUT2D eigenvalue weighted by molar-refractivity contribution is 5.82. The van der Waals surface area contributed by atoms with Crippen molar-refractivity contribution in [2.75, 3.05) is 13.2 Å². The summed E-state index contributed by atoms with van der Waals surface area (Å²) in [5.41, 5.74) is 2.69. The molecule has 1 aromatic heterocycles. The number of aromatic amines is 1. The fraction of sp³-hybridized carbons (Fsp3) is 0.429. The average molecular weight is 230 g/mol. The molecule has 1 unspecified atom stereocenters. The van der Waals surface area contributed by atoms with Gasteiger partial charge in [0.1, 0.15) is 0 Å². The lowest BCUT2D eigenvalue weighted by Gasteiger charge is -2.23. The predicted molar refractivity (Wildman–Crippen MR) is 69.0 cm³/mol. The topological polar surface area (TPSA) is 37.0 Å². The van der Waals surface area contributed by atoms with Crippen molar-refractivity contribution in [3.05, 3.63) is 36.0 Å². The molecule has 0 saturated carbocycles. The summed E-state index contributed by atoms with van der Waals surface area (Å²) in [5.74, 6) is 0. The summed E-state index contributed by atoms with van der Waals surface area (Å²) in [5, 5.41) is 4.93. The molecule has 0 spiro atoms. The van der Waals surface area contributed by atoms with E-state index in [4.69, 9.17) is 4.74 Å². The Morgan fingerprint density at radius 1 is 1.41 bits per heavy atom. The lowest BCUT2D eigenvalue weighted by atomic mass is 10.0. The number of H-pyrrole nitrogens is 1. The maximum atomic E-state index is 5.45. The van der Waals surface area contributed by atoms with E-state index >= 15 is 0 Å². The minimum atomic E-state index is 0.137. The summed E-state index contributed by atoms with van der Waals surface area (Å²) in [7, 11) is 0. The minimum absolute atomic E-state index is 0.137. The van der Waals surface area contributed by atoms with Gasteiger partial charge in [-0.2, -0.15) is 0 Å². The smallest absolute Gasteiger partial charge is 0.0646 e. The number of ether oxygens (including phenoxy) is 1. The zero-order valence-corrected chi connectivity index (χ0v) is 10.1. The van der Waals surface area contributed by atoms with Crippen LogP contribution in [0, 0.1) is 0 Å². The highest BCUT2D eigenvalue weighted by Crippen LogP contribution is 2.21. The molecule has 0 amide bonds. The molecule has 2 N–H and O–H groups in total. The van der Waals surface area contributed by atoms with Crippen LogP contribution in [0.4, 0.5) is 0 Å². The lowest BCUT2D eigenvalue weighted by molar-refractivity contribution is 0.171. The monoisotopic (exact) mass is 230 g/mol. The number of rotatable bonds is 3. The van der Waals surface area contributed by atoms with E-state index in [-0.39, 0.29) is 5.54 Å². The third-order valence-electron chi connectivity index (χ3n) is 3.61. The van der Waals surface area contributed by atoms with Crippen LogP contribution in [0.2, 0.25) is 0 Å². The van der Waals surface area contributed by atoms with Gasteiger partial charge in [-0.3, -0.25) is 0 Å². The van der Waals surface area contributed by atoms with Gasteiger partial charge in [-0.25, -0.2) is 0 Å². The fourth-order valence-corrected chi connectivity index (χ4v) is 2.42. The number of hydrogen-bond donors (Lipinski definition) is 2. The normalized spacial score (nSPS) is 24.5. The Kier molecular flexibility index (Phi) is 2.65. The summed E-state index contributed by atoms with van der Waals surface area (Å²) in [6, 6.07) is 8.53. The van der Waals surface area contributed by atoms with Gasteiger partial charge in [-0.1, -0.05) is 12.1 Å². The van der Waals surface area contributed by atoms with Crippen molar-refractivity contribution in [1.29, 1.82) is 0 Å². The maximum absolute atomic E-state index is 5.45. The number of benzene rings is 1. The molecule has 1 aliphatic heterocycles. The number of aromatic nitrogens is 1. The molecule has 2 aromatic rings. The van der Waals surface area contributed by atoms with Crippen LogP contribution in [0.1, 0.15) is 18.9 Å². The van der Waals surface area contributed by atoms with Crippen LogP contribution in [0.3, 0.4) is 0 Å². The van der Waals surface area contributed by atoms with Crippen molar-refractivity contribution < 1.29 is 4.74 Å². The molecule has 1 aliphatic rings. The Morgan fingerprint density at radius 2 is 2.35 bits per heavy atom. The van der Waals surface area contributed by atoms with Gasteiger partial charge in [-0.15, -0.1) is 0 Å². The van der Waals surface area contributed by atoms with E-state index in [0.29, 0.717) is 0 Å². The van der Waals surface area contributed by atoms with Crippen LogP contribution in [-0.2, 0) is 11.3 Å². The first-order valence-corrected chi connectivity index (χ1v) is 6.15. The number of nitrogens with one attached hydrogen (secondary N) is 2. The van der Waals surface area contributed by atoms with Gasteiger partial charge in [0, 0.05) is 35.8 Å². The van der Waals surface area contributed by atoms with Crippen LogP contribution in [0.15, 0.2) is 30.5 Å². The third kappa shape index (κ3) is 2.08. The quantitative estimate of drug-likeness (QED) is 0.849. The standard InChI is InChI=1S/C14H18N2O/c1-14(6-8-17-10-14)16-9-11-3-2-4-13-12(11)5-7-15-13/h2-5,7,15-16H,6,8-10H2,1H3. The second kappa shape index (κ2) is 4.17. The lowest BCUT2D eigenvalue weighted by Crippen LogP contribution is -2.42. The molecule has 0 aliphatic carbocycles. The summed E-state index contributed by atoms with van der Waals surface area (Å²) >= 11 is 0. The van der Waals surface area contributed by atoms with Gasteiger partial charge in [0.15, 0.2) is 0 Å². The van der Waals surface area contributed by atoms with Gasteiger partial charge >= 0.3 is 0 Å². The number of hydrogen-bond acceptors (Lipinski definition) is 2. The first-order chi connectivity index (χ1) is 8.27. The Balaban J connectivity index is 1.78. The van der Waals surface area contributed by atoms with Crippen LogP contribution < -0.4 is 5.32 Å². The van der Waals surface area contributed by atoms with Crippen LogP contribution in [-0.4, -0.2) is 23.7 Å². The van der Waals surface area contributed by atoms with E-state index in [9.17, 15) is 0 Å². The summed E-state index contributed by atoms with van der Waals surface area (Å²) in [6.45, 7) is 4.82. The van der Waals surface area contributed by atoms with Crippen molar-refractivity contribution in [3.63, 3.8) is 0 Å². The zero-order chi connectivity index (χ0) is 11.7. The van der Waals surface area contributed by atoms with Crippen LogP contribution >= 0.6 is 0 Å². The van der Waals surface area contributed by atoms with Crippen molar-refractivity contribution in [3.8, 4) is 0 Å². The van der Waals surface area contributed by atoms with E-state index < -0.39 is 0 Å². The van der Waals surface area contributed by atoms with E-state index in [2.05, 4.69) is 41.5 Å². The van der Waals surface area contributed by atoms with Gasteiger partial charge in [0.2, 0.25) is 0 Å². The van der Waals surface area contributed by atoms with Crippen molar-refractivity contribution >= 4 is 10.9 Å². The molecule has 0 radical (unpaired) electrons. The van der Waals surface area contributed by atoms with E-state index in [1.54, 1.807) is 0 Å². The Bertz CT molecular complexity index is 512. The Hall–Kier alpha value is -1.32. The van der Waals surface area contributed by atoms with Gasteiger partial charge in [0.25, 0.3) is 0 Å². The average Bonchev–Trinajstić information content (AvgIpc) is 2.95. The molecular formula is C14H18N2O. The van der Waals surface area contributed by atoms with Crippen molar-refractivity contribution in [2.24, 2.45) is 0 Å². The molecule has 2 heterocycles. The van der Waals surface area contributed by atoms with Crippen LogP contribution in [0.5, 0.6) is 0 Å². The molecule has 1 aromatic carbocycles. The molecular weight excluding hydrogens is 212 g/mol. The maximum Gasteiger partial charge on any atom is 0.0646 e. The van der Waals surface area contributed by atoms with Gasteiger partial charge in [0.05, 0.1) is 6.61 Å². The first-order valence-electron chi connectivity index (χ1n) is 6.15. The van der Waals surface area contributed by atoms with Gasteiger partial charge < -0.3 is 15.0 Å². The predicted octanol–water partition coefficient (Wildman–Crippen LogP) is 2.44. The van der Waals surface area contributed by atoms with Gasteiger partial charge in [-0.05, 0) is 31.0 Å². The van der Waals surface area contributed by atoms with Crippen molar-refractivity contribution in [1.82, 2.24) is 10.3 Å². The molecule has 1 fully saturated rings. The summed E-state index contributed by atoms with van der Waals surface area (Å²) < 4.78 is 5.45. The first kappa shape index (κ1) is 10.8. The van der Waals surface area contributed by atoms with E-state index in [1.165, 1.54) is 16.5 Å². The third-order valence-corrected chi connectivity index (χ3v) is 3.61. The number of fused-ring (bicyclic) bond motifs is 1. The molecule has 1 saturated heterocycles. The molecule has 90 valence electrons. The largest absolute Gasteiger partial charge is 0.379 e. The molecule has 0 bridgehead atoms. The van der Waals surface area contributed by atoms with Crippen molar-refractivity contribution in [2.45, 2.75) is 25.4 Å². The molecule has 3 heteroatoms. The Morgan fingerprint density at radius 3 is 3.18 bits per heavy atom. The summed E-state index contributed by atoms with van der Waals surface area (Å²) in [4.78, 5) is 3.24. The molecule has 3 nitrogen and oxygen atoms in total. The Labute approximate surface area is 101 Å². The fourth-order valence-electron chi connectivity index (χ4n) is 2.42. The molecule has 3 rings (SSSR count). The molecule has 1 atom stereocenters. The van der Waals surface area contributed by atoms with E-state index in [1.807, 2.05) is 6.20 Å². The molecule has 17 heavy (non-hydrogen) atoms. The highest BCUT2D eigenvalue weighted by Gasteiger charge is 2.28. The highest BCUT2D eigenvalue weighted by atomic mass is 16.5. The zero-order valence-electron chi connectivity index (χ0n) is 10.1. The second-order valence-corrected chi connectivity index (χ2v) is 5.07. The SMILES string of the molecule is CC1(NCc2cccc3[nH]ccc23)CCOC1. The van der Waals surface area contributed by atoms with E-state index in [0.717, 1.165) is 26.2 Å². The summed E-state index contributed by atoms with van der Waals surface area (Å²) in [6.07, 6.45) is 3.09. The van der Waals surface area contributed by atoms with Crippen LogP contribution in [0.25, 0.3) is 10.9 Å².